The van der Waals surface area contributed by atoms with Crippen LogP contribution in [0.3, 0.4) is 0 Å². The molecule has 0 heterocycles. The fourth-order valence-electron chi connectivity index (χ4n) is 2.37. The third kappa shape index (κ3) is 11.0. The highest BCUT2D eigenvalue weighted by Gasteiger charge is 2.22. The predicted octanol–water partition coefficient (Wildman–Crippen LogP) is 4.94. The Bertz CT molecular complexity index is 167. The van der Waals surface area contributed by atoms with E-state index in [1.165, 1.54) is 60.2 Å². The van der Waals surface area contributed by atoms with Crippen molar-refractivity contribution in [1.82, 2.24) is 0 Å². The molecule has 0 amide bonds. The molecule has 0 N–H and O–H groups in total. The largest absolute Gasteiger partial charge is 0.241 e. The van der Waals surface area contributed by atoms with Crippen molar-refractivity contribution in [2.45, 2.75) is 25.7 Å². The van der Waals surface area contributed by atoms with Crippen LogP contribution < -0.4 is 0 Å². The lowest BCUT2D eigenvalue weighted by Crippen LogP contribution is -2.19. The molecule has 0 aromatic carbocycles. The molecule has 0 saturated heterocycles. The van der Waals surface area contributed by atoms with E-state index >= 15 is 0 Å². The Hall–Kier alpha value is 1.75. The smallest absolute Gasteiger partial charge is 0.00630 e. The highest BCUT2D eigenvalue weighted by Crippen LogP contribution is 2.50. The molecule has 0 aliphatic carbocycles. The SMILES string of the molecule is CSCCCS(CCCS)(CCCS)CCCSC. The summed E-state index contributed by atoms with van der Waals surface area (Å²) in [4.78, 5) is 0. The fraction of sp³-hybridized carbons (Fsp3) is 1.00. The molecule has 0 saturated carbocycles. The first-order valence-electron chi connectivity index (χ1n) is 7.18. The first-order chi connectivity index (χ1) is 9.24. The minimum absolute atomic E-state index is 0.390. The second kappa shape index (κ2) is 14.7. The molecule has 0 fully saturated rings. The number of thiol groups is 2. The molecule has 118 valence electrons. The van der Waals surface area contributed by atoms with E-state index < -0.39 is 0 Å². The average molecular weight is 361 g/mol. The standard InChI is InChI=1S/C14H32S5/c1-17-9-5-13-19(11-3-7-15,12-4-8-16)14-6-10-18-2/h15-16H,3-14H2,1-2H3. The quantitative estimate of drug-likeness (QED) is 0.333. The lowest BCUT2D eigenvalue weighted by molar-refractivity contribution is 1.00. The summed E-state index contributed by atoms with van der Waals surface area (Å²) < 4.78 is 0. The summed E-state index contributed by atoms with van der Waals surface area (Å²) in [5.41, 5.74) is 0. The van der Waals surface area contributed by atoms with E-state index in [1.54, 1.807) is 0 Å². The molecule has 0 atom stereocenters. The molecule has 0 aromatic heterocycles. The molecule has 0 aliphatic heterocycles. The number of hydrogen-bond acceptors (Lipinski definition) is 4. The summed E-state index contributed by atoms with van der Waals surface area (Å²) >= 11 is 12.9. The van der Waals surface area contributed by atoms with Crippen LogP contribution in [0.5, 0.6) is 0 Å². The molecule has 0 rings (SSSR count). The van der Waals surface area contributed by atoms with Gasteiger partial charge in [-0.25, -0.2) is 10.0 Å². The maximum absolute atomic E-state index is 4.43. The molecule has 0 aliphatic rings. The third-order valence-electron chi connectivity index (χ3n) is 3.32. The van der Waals surface area contributed by atoms with Gasteiger partial charge in [0.05, 0.1) is 0 Å². The number of hydrogen-bond donors (Lipinski definition) is 2. The molecule has 19 heavy (non-hydrogen) atoms. The van der Waals surface area contributed by atoms with Crippen molar-refractivity contribution < 1.29 is 0 Å². The van der Waals surface area contributed by atoms with Crippen molar-refractivity contribution in [3.05, 3.63) is 0 Å². The second-order valence-corrected chi connectivity index (χ2v) is 11.8. The van der Waals surface area contributed by atoms with Crippen LogP contribution in [-0.4, -0.2) is 58.5 Å². The average Bonchev–Trinajstić information content (AvgIpc) is 2.43. The van der Waals surface area contributed by atoms with Crippen molar-refractivity contribution in [3.63, 3.8) is 0 Å². The Kier molecular flexibility index (Phi) is 16.0. The van der Waals surface area contributed by atoms with Gasteiger partial charge in [0.2, 0.25) is 0 Å². The number of rotatable bonds is 14. The normalized spacial score (nSPS) is 12.8. The van der Waals surface area contributed by atoms with Crippen LogP contribution in [0.1, 0.15) is 25.7 Å². The second-order valence-electron chi connectivity index (χ2n) is 4.89. The minimum atomic E-state index is -0.390. The fourth-order valence-corrected chi connectivity index (χ4v) is 8.60. The highest BCUT2D eigenvalue weighted by atomic mass is 32.3. The third-order valence-corrected chi connectivity index (χ3v) is 9.97. The lowest BCUT2D eigenvalue weighted by Gasteiger charge is -2.41. The van der Waals surface area contributed by atoms with Crippen molar-refractivity contribution in [1.29, 1.82) is 0 Å². The Morgan fingerprint density at radius 3 is 1.37 bits per heavy atom. The maximum atomic E-state index is 4.43. The van der Waals surface area contributed by atoms with Gasteiger partial charge in [-0.3, -0.25) is 0 Å². The zero-order valence-corrected chi connectivity index (χ0v) is 16.8. The molecule has 0 spiro atoms. The van der Waals surface area contributed by atoms with Crippen LogP contribution in [-0.2, 0) is 0 Å². The van der Waals surface area contributed by atoms with E-state index in [4.69, 9.17) is 0 Å². The zero-order chi connectivity index (χ0) is 14.4. The summed E-state index contributed by atoms with van der Waals surface area (Å²) in [6, 6.07) is 0. The molecular formula is C14H32S5. The van der Waals surface area contributed by atoms with Gasteiger partial charge in [0.1, 0.15) is 0 Å². The number of thioether (sulfide) groups is 2. The first kappa shape index (κ1) is 20.8. The van der Waals surface area contributed by atoms with Gasteiger partial charge in [0, 0.05) is 0 Å². The Balaban J connectivity index is 4.44. The van der Waals surface area contributed by atoms with Crippen molar-refractivity contribution >= 4 is 58.8 Å². The van der Waals surface area contributed by atoms with Crippen molar-refractivity contribution in [3.8, 4) is 0 Å². The summed E-state index contributed by atoms with van der Waals surface area (Å²) in [5, 5.41) is 0. The molecule has 0 radical (unpaired) electrons. The maximum Gasteiger partial charge on any atom is -0.00630 e. The van der Waals surface area contributed by atoms with Crippen LogP contribution >= 0.6 is 58.8 Å². The van der Waals surface area contributed by atoms with Crippen LogP contribution in [0.15, 0.2) is 0 Å². The molecule has 0 nitrogen and oxygen atoms in total. The van der Waals surface area contributed by atoms with Gasteiger partial charge in [-0.1, -0.05) is 0 Å². The zero-order valence-electron chi connectivity index (χ0n) is 12.6. The van der Waals surface area contributed by atoms with Gasteiger partial charge in [-0.2, -0.15) is 48.8 Å². The first-order valence-corrected chi connectivity index (χ1v) is 13.5. The topological polar surface area (TPSA) is 0 Å². The van der Waals surface area contributed by atoms with Gasteiger partial charge in [0.25, 0.3) is 0 Å². The van der Waals surface area contributed by atoms with Crippen LogP contribution in [0, 0.1) is 0 Å². The van der Waals surface area contributed by atoms with Crippen LogP contribution in [0.2, 0.25) is 0 Å². The van der Waals surface area contributed by atoms with E-state index in [-0.39, 0.29) is 10.0 Å². The van der Waals surface area contributed by atoms with E-state index in [0.717, 1.165) is 11.5 Å². The van der Waals surface area contributed by atoms with Gasteiger partial charge in [-0.15, -0.1) is 0 Å². The van der Waals surface area contributed by atoms with Crippen LogP contribution in [0.25, 0.3) is 0 Å². The Morgan fingerprint density at radius 2 is 1.05 bits per heavy atom. The van der Waals surface area contributed by atoms with Crippen LogP contribution in [0.4, 0.5) is 0 Å². The molecular weight excluding hydrogens is 328 g/mol. The van der Waals surface area contributed by atoms with Gasteiger partial charge < -0.3 is 0 Å². The van der Waals surface area contributed by atoms with Gasteiger partial charge in [-0.05, 0) is 84.2 Å². The Morgan fingerprint density at radius 1 is 0.684 bits per heavy atom. The van der Waals surface area contributed by atoms with Gasteiger partial charge in [0.15, 0.2) is 0 Å². The monoisotopic (exact) mass is 360 g/mol. The molecule has 5 heteroatoms. The predicted molar refractivity (Wildman–Crippen MR) is 110 cm³/mol. The van der Waals surface area contributed by atoms with E-state index in [9.17, 15) is 0 Å². The van der Waals surface area contributed by atoms with E-state index in [0.29, 0.717) is 0 Å². The van der Waals surface area contributed by atoms with E-state index in [2.05, 4.69) is 37.8 Å². The van der Waals surface area contributed by atoms with Crippen molar-refractivity contribution in [2.24, 2.45) is 0 Å². The Labute approximate surface area is 142 Å². The summed E-state index contributed by atoms with van der Waals surface area (Å²) in [5.74, 6) is 10.7. The minimum Gasteiger partial charge on any atom is -0.241 e. The van der Waals surface area contributed by atoms with Crippen molar-refractivity contribution in [2.75, 3.05) is 58.5 Å². The lowest BCUT2D eigenvalue weighted by atomic mass is 10.5. The van der Waals surface area contributed by atoms with Gasteiger partial charge >= 0.3 is 0 Å². The van der Waals surface area contributed by atoms with E-state index in [1.807, 2.05) is 23.5 Å². The molecule has 0 unspecified atom stereocenters. The summed E-state index contributed by atoms with van der Waals surface area (Å²) in [6.45, 7) is 0. The summed E-state index contributed by atoms with van der Waals surface area (Å²) in [7, 11) is -0.390. The molecule has 0 bridgehead atoms. The summed E-state index contributed by atoms with van der Waals surface area (Å²) in [6.07, 6.45) is 9.90. The molecule has 0 aromatic rings. The highest BCUT2D eigenvalue weighted by molar-refractivity contribution is 8.33.